The topological polar surface area (TPSA) is 84.7 Å². The van der Waals surface area contributed by atoms with E-state index in [1.54, 1.807) is 0 Å². The van der Waals surface area contributed by atoms with Crippen molar-refractivity contribution in [3.63, 3.8) is 0 Å². The lowest BCUT2D eigenvalue weighted by Gasteiger charge is -2.32. The molecule has 0 radical (unpaired) electrons. The minimum atomic E-state index is 0. The van der Waals surface area contributed by atoms with Crippen LogP contribution in [0.5, 0.6) is 0 Å². The van der Waals surface area contributed by atoms with Gasteiger partial charge in [0, 0.05) is 39.1 Å². The molecule has 23 heavy (non-hydrogen) atoms. The zero-order valence-electron chi connectivity index (χ0n) is 14.4. The van der Waals surface area contributed by atoms with Gasteiger partial charge in [0.1, 0.15) is 0 Å². The molecule has 1 fully saturated rings. The third-order valence-corrected chi connectivity index (χ3v) is 3.75. The molecule has 1 rings (SSSR count). The van der Waals surface area contributed by atoms with E-state index in [0.717, 1.165) is 32.4 Å². The van der Waals surface area contributed by atoms with E-state index < -0.39 is 0 Å². The fourth-order valence-corrected chi connectivity index (χ4v) is 2.52. The summed E-state index contributed by atoms with van der Waals surface area (Å²) in [4.78, 5) is 25.5. The molecule has 0 aromatic rings. The second-order valence-corrected chi connectivity index (χ2v) is 6.29. The third kappa shape index (κ3) is 9.79. The fourth-order valence-electron chi connectivity index (χ4n) is 2.52. The van der Waals surface area contributed by atoms with E-state index in [4.69, 9.17) is 10.5 Å². The number of likely N-dealkylation sites (tertiary alicyclic amines) is 1. The Kier molecular flexibility index (Phi) is 12.1. The molecule has 6 nitrogen and oxygen atoms in total. The fraction of sp³-hybridized carbons (Fsp3) is 0.875. The number of piperidine rings is 1. The largest absolute Gasteiger partial charge is 0.378 e. The zero-order chi connectivity index (χ0) is 16.4. The molecule has 0 unspecified atom stereocenters. The van der Waals surface area contributed by atoms with Crippen LogP contribution < -0.4 is 11.1 Å². The first-order valence-electron chi connectivity index (χ1n) is 8.39. The van der Waals surface area contributed by atoms with E-state index in [2.05, 4.69) is 5.32 Å². The van der Waals surface area contributed by atoms with Crippen molar-refractivity contribution >= 4 is 24.2 Å². The molecule has 2 amide bonds. The van der Waals surface area contributed by atoms with Gasteiger partial charge in [0.2, 0.25) is 11.8 Å². The number of rotatable bonds is 9. The minimum absolute atomic E-state index is 0. The van der Waals surface area contributed by atoms with Crippen molar-refractivity contribution in [1.82, 2.24) is 10.2 Å². The van der Waals surface area contributed by atoms with Crippen LogP contribution in [-0.4, -0.2) is 55.6 Å². The first-order valence-corrected chi connectivity index (χ1v) is 8.39. The highest BCUT2D eigenvalue weighted by atomic mass is 35.5. The van der Waals surface area contributed by atoms with Gasteiger partial charge in [-0.15, -0.1) is 12.4 Å². The molecule has 1 saturated heterocycles. The molecule has 0 saturated carbocycles. The first-order chi connectivity index (χ1) is 10.5. The molecule has 1 heterocycles. The summed E-state index contributed by atoms with van der Waals surface area (Å²) in [6.45, 7) is 7.28. The summed E-state index contributed by atoms with van der Waals surface area (Å²) in [7, 11) is 0. The van der Waals surface area contributed by atoms with Crippen molar-refractivity contribution in [2.24, 2.45) is 11.7 Å². The van der Waals surface area contributed by atoms with Gasteiger partial charge in [-0.05, 0) is 31.7 Å². The lowest BCUT2D eigenvalue weighted by atomic mass is 10.1. The Morgan fingerprint density at radius 2 is 1.96 bits per heavy atom. The Balaban J connectivity index is 0.00000484. The number of nitrogens with two attached hydrogens (primary N) is 1. The number of nitrogens with zero attached hydrogens (tertiary/aromatic N) is 1. The van der Waals surface area contributed by atoms with E-state index >= 15 is 0 Å². The molecular formula is C16H32ClN3O3. The highest BCUT2D eigenvalue weighted by Crippen LogP contribution is 2.14. The van der Waals surface area contributed by atoms with Crippen LogP contribution in [0.3, 0.4) is 0 Å². The second kappa shape index (κ2) is 12.6. The molecular weight excluding hydrogens is 318 g/mol. The number of amides is 2. The number of halogens is 1. The van der Waals surface area contributed by atoms with Crippen molar-refractivity contribution in [2.45, 2.75) is 52.1 Å². The van der Waals surface area contributed by atoms with Gasteiger partial charge in [-0.1, -0.05) is 13.8 Å². The van der Waals surface area contributed by atoms with Gasteiger partial charge in [-0.25, -0.2) is 0 Å². The smallest absolute Gasteiger partial charge is 0.224 e. The van der Waals surface area contributed by atoms with Crippen LogP contribution >= 0.6 is 12.4 Å². The molecule has 1 aliphatic heterocycles. The van der Waals surface area contributed by atoms with E-state index in [0.29, 0.717) is 38.5 Å². The number of ether oxygens (including phenoxy) is 1. The highest BCUT2D eigenvalue weighted by Gasteiger charge is 2.22. The molecule has 0 aromatic carbocycles. The SMILES string of the molecule is CC(C)CC(=O)NCCC(=O)N1CCC(OCCCN)CC1.Cl. The van der Waals surface area contributed by atoms with Gasteiger partial charge in [0.25, 0.3) is 0 Å². The number of hydrogen-bond acceptors (Lipinski definition) is 4. The third-order valence-electron chi connectivity index (χ3n) is 3.75. The van der Waals surface area contributed by atoms with Crippen LogP contribution in [0.2, 0.25) is 0 Å². The maximum absolute atomic E-state index is 12.1. The summed E-state index contributed by atoms with van der Waals surface area (Å²) < 4.78 is 5.73. The molecule has 0 atom stereocenters. The van der Waals surface area contributed by atoms with Crippen LogP contribution in [0.25, 0.3) is 0 Å². The maximum atomic E-state index is 12.1. The van der Waals surface area contributed by atoms with Crippen LogP contribution in [0.15, 0.2) is 0 Å². The summed E-state index contributed by atoms with van der Waals surface area (Å²) in [5.41, 5.74) is 5.44. The number of carbonyl (C=O) groups excluding carboxylic acids is 2. The Labute approximate surface area is 145 Å². The number of carbonyl (C=O) groups is 2. The molecule has 0 aliphatic carbocycles. The van der Waals surface area contributed by atoms with Crippen LogP contribution in [0.1, 0.15) is 46.0 Å². The monoisotopic (exact) mass is 349 g/mol. The molecule has 1 aliphatic rings. The molecule has 3 N–H and O–H groups in total. The Bertz CT molecular complexity index is 345. The average Bonchev–Trinajstić information content (AvgIpc) is 2.47. The van der Waals surface area contributed by atoms with Gasteiger partial charge in [-0.3, -0.25) is 9.59 Å². The predicted molar refractivity (Wildman–Crippen MR) is 93.6 cm³/mol. The van der Waals surface area contributed by atoms with Gasteiger partial charge in [-0.2, -0.15) is 0 Å². The van der Waals surface area contributed by atoms with Gasteiger partial charge < -0.3 is 20.7 Å². The summed E-state index contributed by atoms with van der Waals surface area (Å²) >= 11 is 0. The summed E-state index contributed by atoms with van der Waals surface area (Å²) in [5, 5.41) is 2.80. The van der Waals surface area contributed by atoms with Crippen LogP contribution in [0.4, 0.5) is 0 Å². The van der Waals surface area contributed by atoms with E-state index in [1.165, 1.54) is 0 Å². The van der Waals surface area contributed by atoms with Gasteiger partial charge in [0.15, 0.2) is 0 Å². The molecule has 136 valence electrons. The summed E-state index contributed by atoms with van der Waals surface area (Å²) in [6.07, 6.45) is 3.80. The molecule has 0 aromatic heterocycles. The lowest BCUT2D eigenvalue weighted by molar-refractivity contribution is -0.133. The van der Waals surface area contributed by atoms with E-state index in [1.807, 2.05) is 18.7 Å². The Hall–Kier alpha value is -0.850. The van der Waals surface area contributed by atoms with Crippen molar-refractivity contribution in [1.29, 1.82) is 0 Å². The highest BCUT2D eigenvalue weighted by molar-refractivity contribution is 5.85. The lowest BCUT2D eigenvalue weighted by Crippen LogP contribution is -2.42. The standard InChI is InChI=1S/C16H31N3O3.ClH/c1-13(2)12-15(20)18-8-4-16(21)19-9-5-14(6-10-19)22-11-3-7-17;/h13-14H,3-12,17H2,1-2H3,(H,18,20);1H. The van der Waals surface area contributed by atoms with Crippen molar-refractivity contribution in [2.75, 3.05) is 32.8 Å². The summed E-state index contributed by atoms with van der Waals surface area (Å²) in [5.74, 6) is 0.481. The van der Waals surface area contributed by atoms with Crippen molar-refractivity contribution in [3.8, 4) is 0 Å². The zero-order valence-corrected chi connectivity index (χ0v) is 15.2. The predicted octanol–water partition coefficient (Wildman–Crippen LogP) is 1.32. The summed E-state index contributed by atoms with van der Waals surface area (Å²) in [6, 6.07) is 0. The van der Waals surface area contributed by atoms with Crippen molar-refractivity contribution in [3.05, 3.63) is 0 Å². The van der Waals surface area contributed by atoms with Crippen LogP contribution in [-0.2, 0) is 14.3 Å². The first kappa shape index (κ1) is 22.1. The normalized spacial score (nSPS) is 15.4. The average molecular weight is 350 g/mol. The van der Waals surface area contributed by atoms with Gasteiger partial charge in [0.05, 0.1) is 6.10 Å². The quantitative estimate of drug-likeness (QED) is 0.615. The van der Waals surface area contributed by atoms with Crippen LogP contribution in [0, 0.1) is 5.92 Å². The Morgan fingerprint density at radius 1 is 1.30 bits per heavy atom. The van der Waals surface area contributed by atoms with Crippen molar-refractivity contribution < 1.29 is 14.3 Å². The second-order valence-electron chi connectivity index (χ2n) is 6.29. The minimum Gasteiger partial charge on any atom is -0.378 e. The van der Waals surface area contributed by atoms with E-state index in [9.17, 15) is 9.59 Å². The number of nitrogens with one attached hydrogen (secondary N) is 1. The maximum Gasteiger partial charge on any atom is 0.224 e. The van der Waals surface area contributed by atoms with Gasteiger partial charge >= 0.3 is 0 Å². The number of hydrogen-bond donors (Lipinski definition) is 2. The van der Waals surface area contributed by atoms with E-state index in [-0.39, 0.29) is 30.3 Å². The molecule has 0 bridgehead atoms. The molecule has 0 spiro atoms. The Morgan fingerprint density at radius 3 is 2.52 bits per heavy atom. The molecule has 7 heteroatoms.